The van der Waals surface area contributed by atoms with Crippen molar-refractivity contribution in [3.05, 3.63) is 70.5 Å². The second-order valence-corrected chi connectivity index (χ2v) is 9.24. The Labute approximate surface area is 187 Å². The van der Waals surface area contributed by atoms with Crippen molar-refractivity contribution in [3.63, 3.8) is 0 Å². The second-order valence-electron chi connectivity index (χ2n) is 9.24. The highest BCUT2D eigenvalue weighted by Crippen LogP contribution is 2.38. The van der Waals surface area contributed by atoms with Gasteiger partial charge in [0.15, 0.2) is 0 Å². The number of hydrogen-bond acceptors (Lipinski definition) is 3. The first-order chi connectivity index (χ1) is 15.5. The maximum Gasteiger partial charge on any atom is 0.261 e. The summed E-state index contributed by atoms with van der Waals surface area (Å²) < 4.78 is 14.6. The predicted molar refractivity (Wildman–Crippen MR) is 117 cm³/mol. The molecular formula is C26H27FN2O3. The van der Waals surface area contributed by atoms with Crippen molar-refractivity contribution in [2.45, 2.75) is 45.1 Å². The number of carbonyl (C=O) groups excluding carboxylic acids is 3. The molecule has 5 rings (SSSR count). The van der Waals surface area contributed by atoms with Gasteiger partial charge < -0.3 is 4.90 Å². The van der Waals surface area contributed by atoms with Gasteiger partial charge in [-0.25, -0.2) is 4.39 Å². The summed E-state index contributed by atoms with van der Waals surface area (Å²) in [6.07, 6.45) is 4.48. The maximum atomic E-state index is 14.6. The molecule has 3 amide bonds. The smallest absolute Gasteiger partial charge is 0.261 e. The number of rotatable bonds is 3. The third-order valence-corrected chi connectivity index (χ3v) is 7.44. The van der Waals surface area contributed by atoms with Gasteiger partial charge >= 0.3 is 0 Å². The zero-order chi connectivity index (χ0) is 22.4. The molecule has 0 saturated heterocycles. The number of nitrogens with zero attached hydrogens (tertiary/aromatic N) is 2. The zero-order valence-electron chi connectivity index (χ0n) is 18.2. The molecule has 1 saturated carbocycles. The third-order valence-electron chi connectivity index (χ3n) is 7.44. The van der Waals surface area contributed by atoms with Crippen LogP contribution in [0.15, 0.2) is 42.5 Å². The summed E-state index contributed by atoms with van der Waals surface area (Å²) in [5.41, 5.74) is 2.04. The minimum absolute atomic E-state index is 0.0373. The van der Waals surface area contributed by atoms with Gasteiger partial charge in [0.2, 0.25) is 5.91 Å². The van der Waals surface area contributed by atoms with Crippen LogP contribution in [0.25, 0.3) is 0 Å². The topological polar surface area (TPSA) is 57.7 Å². The fraction of sp³-hybridized carbons (Fsp3) is 0.423. The Bertz CT molecular complexity index is 1060. The summed E-state index contributed by atoms with van der Waals surface area (Å²) in [4.78, 5) is 42.7. The summed E-state index contributed by atoms with van der Waals surface area (Å²) in [6, 6.07) is 11.1. The largest absolute Gasteiger partial charge is 0.333 e. The average Bonchev–Trinajstić information content (AvgIpc) is 3.04. The van der Waals surface area contributed by atoms with Gasteiger partial charge in [-0.3, -0.25) is 19.3 Å². The minimum atomic E-state index is -0.543. The summed E-state index contributed by atoms with van der Waals surface area (Å²) in [5, 5.41) is 0. The molecule has 3 atom stereocenters. The van der Waals surface area contributed by atoms with E-state index in [0.717, 1.165) is 25.7 Å². The first-order valence-electron chi connectivity index (χ1n) is 11.5. The summed E-state index contributed by atoms with van der Waals surface area (Å²) >= 11 is 0. The van der Waals surface area contributed by atoms with E-state index in [1.165, 1.54) is 11.0 Å². The number of imide groups is 1. The van der Waals surface area contributed by atoms with Crippen LogP contribution in [0, 0.1) is 17.7 Å². The van der Waals surface area contributed by atoms with E-state index in [4.69, 9.17) is 0 Å². The number of amides is 3. The molecular weight excluding hydrogens is 407 g/mol. The van der Waals surface area contributed by atoms with Crippen LogP contribution in [0.4, 0.5) is 4.39 Å². The van der Waals surface area contributed by atoms with Crippen molar-refractivity contribution in [3.8, 4) is 0 Å². The average molecular weight is 435 g/mol. The van der Waals surface area contributed by atoms with Crippen molar-refractivity contribution in [2.24, 2.45) is 11.8 Å². The van der Waals surface area contributed by atoms with E-state index in [9.17, 15) is 18.8 Å². The molecule has 2 heterocycles. The Hall–Kier alpha value is -3.02. The minimum Gasteiger partial charge on any atom is -0.333 e. The Morgan fingerprint density at radius 1 is 1.00 bits per heavy atom. The Morgan fingerprint density at radius 2 is 1.69 bits per heavy atom. The van der Waals surface area contributed by atoms with Crippen LogP contribution < -0.4 is 0 Å². The molecule has 32 heavy (non-hydrogen) atoms. The molecule has 2 aromatic carbocycles. The normalized spacial score (nSPS) is 25.0. The molecule has 0 spiro atoms. The van der Waals surface area contributed by atoms with Gasteiger partial charge in [-0.2, -0.15) is 0 Å². The van der Waals surface area contributed by atoms with E-state index in [-0.39, 0.29) is 36.0 Å². The quantitative estimate of drug-likeness (QED) is 0.674. The van der Waals surface area contributed by atoms with Crippen molar-refractivity contribution < 1.29 is 18.8 Å². The lowest BCUT2D eigenvalue weighted by Crippen LogP contribution is -2.49. The van der Waals surface area contributed by atoms with E-state index in [1.807, 2.05) is 6.07 Å². The first-order valence-corrected chi connectivity index (χ1v) is 11.5. The van der Waals surface area contributed by atoms with Crippen molar-refractivity contribution in [1.29, 1.82) is 0 Å². The molecule has 1 unspecified atom stereocenters. The van der Waals surface area contributed by atoms with E-state index in [0.29, 0.717) is 41.1 Å². The van der Waals surface area contributed by atoms with Gasteiger partial charge in [0.1, 0.15) is 5.82 Å². The van der Waals surface area contributed by atoms with Crippen molar-refractivity contribution >= 4 is 17.7 Å². The summed E-state index contributed by atoms with van der Waals surface area (Å²) in [7, 11) is 0. The molecule has 0 radical (unpaired) electrons. The molecule has 2 aromatic rings. The molecule has 3 aliphatic rings. The Balaban J connectivity index is 1.50. The molecule has 1 fully saturated rings. The van der Waals surface area contributed by atoms with E-state index in [2.05, 4.69) is 6.92 Å². The number of carbonyl (C=O) groups is 3. The van der Waals surface area contributed by atoms with Gasteiger partial charge in [-0.15, -0.1) is 0 Å². The number of halogens is 1. The Kier molecular flexibility index (Phi) is 5.31. The fourth-order valence-corrected chi connectivity index (χ4v) is 5.64. The standard InChI is InChI=1S/C26H27FN2O3/c1-16-7-2-3-8-17(16)24(30)28-14-13-18-19(11-6-12-22(18)27)23(28)15-29-25(31)20-9-4-5-10-21(20)26(29)32/h4-6,9-12,16-17,23H,2-3,7-8,13-15H2,1H3/t16-,17+,23?/m0/s1. The third kappa shape index (κ3) is 3.33. The number of benzene rings is 2. The van der Waals surface area contributed by atoms with Crippen LogP contribution in [-0.2, 0) is 11.2 Å². The highest BCUT2D eigenvalue weighted by molar-refractivity contribution is 6.21. The molecule has 2 aliphatic heterocycles. The molecule has 6 heteroatoms. The SMILES string of the molecule is C[C@H]1CCCC[C@H]1C(=O)N1CCc2c(F)cccc2C1CN1C(=O)c2ccccc2C1=O. The van der Waals surface area contributed by atoms with Crippen LogP contribution in [0.3, 0.4) is 0 Å². The molecule has 5 nitrogen and oxygen atoms in total. The van der Waals surface area contributed by atoms with Crippen LogP contribution in [-0.4, -0.2) is 40.6 Å². The van der Waals surface area contributed by atoms with Gasteiger partial charge in [0, 0.05) is 12.5 Å². The second kappa shape index (κ2) is 8.15. The van der Waals surface area contributed by atoms with E-state index in [1.54, 1.807) is 35.2 Å². The summed E-state index contributed by atoms with van der Waals surface area (Å²) in [6.45, 7) is 2.55. The fourth-order valence-electron chi connectivity index (χ4n) is 5.64. The lowest BCUT2D eigenvalue weighted by molar-refractivity contribution is -0.141. The molecule has 0 bridgehead atoms. The maximum absolute atomic E-state index is 14.6. The molecule has 1 aliphatic carbocycles. The van der Waals surface area contributed by atoms with Crippen LogP contribution in [0.1, 0.15) is 70.5 Å². The van der Waals surface area contributed by atoms with Gasteiger partial charge in [-0.05, 0) is 54.5 Å². The van der Waals surface area contributed by atoms with Crippen molar-refractivity contribution in [2.75, 3.05) is 13.1 Å². The molecule has 0 N–H and O–H groups in total. The lowest BCUT2D eigenvalue weighted by atomic mass is 9.78. The predicted octanol–water partition coefficient (Wildman–Crippen LogP) is 4.37. The van der Waals surface area contributed by atoms with Gasteiger partial charge in [0.05, 0.1) is 23.7 Å². The van der Waals surface area contributed by atoms with Gasteiger partial charge in [-0.1, -0.05) is 44.0 Å². The van der Waals surface area contributed by atoms with Crippen LogP contribution in [0.2, 0.25) is 0 Å². The summed E-state index contributed by atoms with van der Waals surface area (Å²) in [5.74, 6) is -0.713. The van der Waals surface area contributed by atoms with E-state index < -0.39 is 6.04 Å². The monoisotopic (exact) mass is 434 g/mol. The number of fused-ring (bicyclic) bond motifs is 2. The Morgan fingerprint density at radius 3 is 2.38 bits per heavy atom. The highest BCUT2D eigenvalue weighted by Gasteiger charge is 2.42. The van der Waals surface area contributed by atoms with E-state index >= 15 is 0 Å². The zero-order valence-corrected chi connectivity index (χ0v) is 18.2. The van der Waals surface area contributed by atoms with Gasteiger partial charge in [0.25, 0.3) is 11.8 Å². The highest BCUT2D eigenvalue weighted by atomic mass is 19.1. The molecule has 0 aromatic heterocycles. The van der Waals surface area contributed by atoms with Crippen LogP contribution >= 0.6 is 0 Å². The lowest BCUT2D eigenvalue weighted by Gasteiger charge is -2.42. The van der Waals surface area contributed by atoms with Crippen LogP contribution in [0.5, 0.6) is 0 Å². The number of hydrogen-bond donors (Lipinski definition) is 0. The molecule has 166 valence electrons. The first kappa shape index (κ1) is 20.9. The van der Waals surface area contributed by atoms with Crippen molar-refractivity contribution in [1.82, 2.24) is 9.80 Å².